The van der Waals surface area contributed by atoms with Crippen LogP contribution in [0.25, 0.3) is 0 Å². The van der Waals surface area contributed by atoms with Crippen LogP contribution in [0.3, 0.4) is 0 Å². The lowest BCUT2D eigenvalue weighted by Gasteiger charge is -2.03. The highest BCUT2D eigenvalue weighted by Gasteiger charge is 2.06. The molecule has 0 saturated carbocycles. The lowest BCUT2D eigenvalue weighted by molar-refractivity contribution is 0.0347. The molecule has 0 spiro atoms. The van der Waals surface area contributed by atoms with Gasteiger partial charge in [-0.3, -0.25) is 0 Å². The Morgan fingerprint density at radius 3 is 2.71 bits per heavy atom. The Labute approximate surface area is 103 Å². The predicted octanol–water partition coefficient (Wildman–Crippen LogP) is 2.25. The van der Waals surface area contributed by atoms with E-state index in [1.807, 2.05) is 20.0 Å². The van der Waals surface area contributed by atoms with Crippen molar-refractivity contribution >= 4 is 0 Å². The van der Waals surface area contributed by atoms with Crippen LogP contribution >= 0.6 is 0 Å². The second kappa shape index (κ2) is 8.28. The Hall–Kier alpha value is -0.840. The summed E-state index contributed by atoms with van der Waals surface area (Å²) in [6.07, 6.45) is 1.05. The molecule has 1 aromatic heterocycles. The predicted molar refractivity (Wildman–Crippen MR) is 67.0 cm³/mol. The highest BCUT2D eigenvalue weighted by molar-refractivity contribution is 5.19. The molecule has 0 bridgehead atoms. The van der Waals surface area contributed by atoms with E-state index < -0.39 is 0 Å². The SMILES string of the molecule is CCCOCCOCc1cc(C)c(CNC)o1. The van der Waals surface area contributed by atoms with Gasteiger partial charge in [-0.1, -0.05) is 6.92 Å². The second-order valence-corrected chi connectivity index (χ2v) is 4.01. The third kappa shape index (κ3) is 5.35. The molecule has 0 atom stereocenters. The van der Waals surface area contributed by atoms with Gasteiger partial charge in [-0.15, -0.1) is 0 Å². The summed E-state index contributed by atoms with van der Waals surface area (Å²) in [5.74, 6) is 1.86. The number of ether oxygens (including phenoxy) is 2. The minimum Gasteiger partial charge on any atom is -0.462 e. The van der Waals surface area contributed by atoms with Gasteiger partial charge in [-0.2, -0.15) is 0 Å². The smallest absolute Gasteiger partial charge is 0.130 e. The molecule has 1 N–H and O–H groups in total. The van der Waals surface area contributed by atoms with E-state index in [1.165, 1.54) is 5.56 Å². The fourth-order valence-electron chi connectivity index (χ4n) is 1.53. The van der Waals surface area contributed by atoms with E-state index in [-0.39, 0.29) is 0 Å². The number of nitrogens with one attached hydrogen (secondary N) is 1. The van der Waals surface area contributed by atoms with Crippen LogP contribution in [-0.4, -0.2) is 26.9 Å². The van der Waals surface area contributed by atoms with Crippen molar-refractivity contribution < 1.29 is 13.9 Å². The van der Waals surface area contributed by atoms with Gasteiger partial charge in [0.05, 0.1) is 19.8 Å². The van der Waals surface area contributed by atoms with Gasteiger partial charge in [0.15, 0.2) is 0 Å². The summed E-state index contributed by atoms with van der Waals surface area (Å²) in [4.78, 5) is 0. The van der Waals surface area contributed by atoms with Crippen LogP contribution in [-0.2, 0) is 22.6 Å². The van der Waals surface area contributed by atoms with Crippen molar-refractivity contribution in [2.75, 3.05) is 26.9 Å². The molecule has 1 rings (SSSR count). The van der Waals surface area contributed by atoms with Crippen LogP contribution in [0.15, 0.2) is 10.5 Å². The lowest BCUT2D eigenvalue weighted by Crippen LogP contribution is -2.05. The summed E-state index contributed by atoms with van der Waals surface area (Å²) < 4.78 is 16.5. The molecule has 0 aromatic carbocycles. The largest absolute Gasteiger partial charge is 0.462 e. The van der Waals surface area contributed by atoms with Crippen LogP contribution < -0.4 is 5.32 Å². The Morgan fingerprint density at radius 2 is 2.00 bits per heavy atom. The summed E-state index contributed by atoms with van der Waals surface area (Å²) in [6, 6.07) is 2.03. The molecule has 0 aliphatic carbocycles. The molecule has 0 unspecified atom stereocenters. The minimum atomic E-state index is 0.514. The summed E-state index contributed by atoms with van der Waals surface area (Å²) >= 11 is 0. The molecule has 0 amide bonds. The number of aryl methyl sites for hydroxylation is 1. The molecule has 98 valence electrons. The summed E-state index contributed by atoms with van der Waals surface area (Å²) in [5, 5.41) is 3.07. The molecule has 17 heavy (non-hydrogen) atoms. The molecule has 0 aliphatic rings. The standard InChI is InChI=1S/C13H23NO3/c1-4-5-15-6-7-16-10-12-8-11(2)13(17-12)9-14-3/h8,14H,4-7,9-10H2,1-3H3. The average Bonchev–Trinajstić information content (AvgIpc) is 2.65. The molecule has 0 aliphatic heterocycles. The van der Waals surface area contributed by atoms with Gasteiger partial charge in [-0.05, 0) is 32.0 Å². The Bertz CT molecular complexity index is 310. The van der Waals surface area contributed by atoms with Crippen molar-refractivity contribution in [1.82, 2.24) is 5.32 Å². The van der Waals surface area contributed by atoms with Crippen molar-refractivity contribution in [3.63, 3.8) is 0 Å². The first-order chi connectivity index (χ1) is 8.27. The normalized spacial score (nSPS) is 11.0. The Morgan fingerprint density at radius 1 is 1.24 bits per heavy atom. The zero-order chi connectivity index (χ0) is 12.5. The molecule has 4 heteroatoms. The summed E-state index contributed by atoms with van der Waals surface area (Å²) in [5.41, 5.74) is 1.17. The monoisotopic (exact) mass is 241 g/mol. The maximum Gasteiger partial charge on any atom is 0.130 e. The first-order valence-corrected chi connectivity index (χ1v) is 6.16. The van der Waals surface area contributed by atoms with E-state index in [2.05, 4.69) is 12.2 Å². The zero-order valence-electron chi connectivity index (χ0n) is 11.0. The van der Waals surface area contributed by atoms with Crippen molar-refractivity contribution in [3.8, 4) is 0 Å². The van der Waals surface area contributed by atoms with Crippen LogP contribution in [0.1, 0.15) is 30.4 Å². The van der Waals surface area contributed by atoms with E-state index in [0.717, 1.165) is 31.1 Å². The fraction of sp³-hybridized carbons (Fsp3) is 0.692. The molecule has 1 heterocycles. The maximum absolute atomic E-state index is 5.65. The molecule has 0 fully saturated rings. The van der Waals surface area contributed by atoms with E-state index >= 15 is 0 Å². The second-order valence-electron chi connectivity index (χ2n) is 4.01. The topological polar surface area (TPSA) is 43.6 Å². The van der Waals surface area contributed by atoms with Gasteiger partial charge < -0.3 is 19.2 Å². The Balaban J connectivity index is 2.20. The summed E-state index contributed by atoms with van der Waals surface area (Å²) in [6.45, 7) is 7.47. The Kier molecular flexibility index (Phi) is 6.93. The van der Waals surface area contributed by atoms with Crippen molar-refractivity contribution in [1.29, 1.82) is 0 Å². The molecular formula is C13H23NO3. The first kappa shape index (κ1) is 14.2. The van der Waals surface area contributed by atoms with E-state index in [9.17, 15) is 0 Å². The summed E-state index contributed by atoms with van der Waals surface area (Å²) in [7, 11) is 1.91. The third-order valence-corrected chi connectivity index (χ3v) is 2.37. The fourth-order valence-corrected chi connectivity index (χ4v) is 1.53. The van der Waals surface area contributed by atoms with Crippen LogP contribution in [0.2, 0.25) is 0 Å². The quantitative estimate of drug-likeness (QED) is 0.673. The minimum absolute atomic E-state index is 0.514. The van der Waals surface area contributed by atoms with Gasteiger partial charge in [0.25, 0.3) is 0 Å². The van der Waals surface area contributed by atoms with Crippen LogP contribution in [0.4, 0.5) is 0 Å². The highest BCUT2D eigenvalue weighted by Crippen LogP contribution is 2.15. The van der Waals surface area contributed by atoms with Crippen molar-refractivity contribution in [2.24, 2.45) is 0 Å². The van der Waals surface area contributed by atoms with Gasteiger partial charge in [0.1, 0.15) is 18.1 Å². The van der Waals surface area contributed by atoms with Gasteiger partial charge in [-0.25, -0.2) is 0 Å². The molecule has 1 aromatic rings. The molecule has 4 nitrogen and oxygen atoms in total. The van der Waals surface area contributed by atoms with E-state index in [4.69, 9.17) is 13.9 Å². The molecule has 0 radical (unpaired) electrons. The van der Waals surface area contributed by atoms with Gasteiger partial charge in [0, 0.05) is 6.61 Å². The molecule has 0 saturated heterocycles. The maximum atomic E-state index is 5.65. The third-order valence-electron chi connectivity index (χ3n) is 2.37. The number of furan rings is 1. The van der Waals surface area contributed by atoms with E-state index in [0.29, 0.717) is 19.8 Å². The van der Waals surface area contributed by atoms with Crippen LogP contribution in [0.5, 0.6) is 0 Å². The first-order valence-electron chi connectivity index (χ1n) is 6.16. The number of hydrogen-bond acceptors (Lipinski definition) is 4. The molecular weight excluding hydrogens is 218 g/mol. The number of rotatable bonds is 9. The van der Waals surface area contributed by atoms with Crippen molar-refractivity contribution in [3.05, 3.63) is 23.2 Å². The lowest BCUT2D eigenvalue weighted by atomic mass is 10.2. The van der Waals surface area contributed by atoms with Gasteiger partial charge >= 0.3 is 0 Å². The number of hydrogen-bond donors (Lipinski definition) is 1. The van der Waals surface area contributed by atoms with Crippen molar-refractivity contribution in [2.45, 2.75) is 33.4 Å². The average molecular weight is 241 g/mol. The van der Waals surface area contributed by atoms with E-state index in [1.54, 1.807) is 0 Å². The van der Waals surface area contributed by atoms with Gasteiger partial charge in [0.2, 0.25) is 0 Å². The van der Waals surface area contributed by atoms with Crippen LogP contribution in [0, 0.1) is 6.92 Å². The zero-order valence-corrected chi connectivity index (χ0v) is 11.0. The highest BCUT2D eigenvalue weighted by atomic mass is 16.5.